The van der Waals surface area contributed by atoms with E-state index >= 15 is 0 Å². The maximum absolute atomic E-state index is 13.2. The van der Waals surface area contributed by atoms with E-state index < -0.39 is 16.0 Å². The van der Waals surface area contributed by atoms with Crippen LogP contribution in [0.4, 0.5) is 5.69 Å². The fraction of sp³-hybridized carbons (Fsp3) is 0.150. The molecule has 3 aromatic carbocycles. The number of para-hydroxylation sites is 1. The van der Waals surface area contributed by atoms with Crippen LogP contribution in [0.2, 0.25) is 0 Å². The molecule has 3 aromatic rings. The lowest BCUT2D eigenvalue weighted by atomic mass is 10.1. The van der Waals surface area contributed by atoms with Crippen LogP contribution in [0.25, 0.3) is 10.8 Å². The van der Waals surface area contributed by atoms with Gasteiger partial charge in [0.25, 0.3) is 10.0 Å². The zero-order valence-electron chi connectivity index (χ0n) is 14.3. The number of sulfonamides is 1. The summed E-state index contributed by atoms with van der Waals surface area (Å²) in [5.41, 5.74) is 0.411. The molecule has 0 aliphatic carbocycles. The van der Waals surface area contributed by atoms with Gasteiger partial charge < -0.3 is 4.74 Å². The van der Waals surface area contributed by atoms with Crippen molar-refractivity contribution in [3.63, 3.8) is 0 Å². The standard InChI is InChI=1S/C20H19NO4S/c1-2-25-20(22)15-21(18-10-4-3-5-11-18)26(23,24)19-13-12-16-8-6-7-9-17(16)14-19/h3-14H,2,15H2,1H3. The van der Waals surface area contributed by atoms with Crippen LogP contribution >= 0.6 is 0 Å². The van der Waals surface area contributed by atoms with E-state index in [4.69, 9.17) is 4.74 Å². The molecular formula is C20H19NO4S. The average Bonchev–Trinajstić information content (AvgIpc) is 2.66. The van der Waals surface area contributed by atoms with Crippen LogP contribution in [0.5, 0.6) is 0 Å². The van der Waals surface area contributed by atoms with E-state index in [1.54, 1.807) is 55.5 Å². The minimum Gasteiger partial charge on any atom is -0.465 e. The number of nitrogens with zero attached hydrogens (tertiary/aromatic N) is 1. The van der Waals surface area contributed by atoms with Gasteiger partial charge in [-0.1, -0.05) is 48.5 Å². The molecule has 0 amide bonds. The molecule has 0 saturated carbocycles. The number of esters is 1. The van der Waals surface area contributed by atoms with Gasteiger partial charge in [-0.2, -0.15) is 0 Å². The Morgan fingerprint density at radius 2 is 1.58 bits per heavy atom. The molecule has 6 heteroatoms. The lowest BCUT2D eigenvalue weighted by molar-refractivity contribution is -0.141. The number of carbonyl (C=O) groups excluding carboxylic acids is 1. The van der Waals surface area contributed by atoms with E-state index in [2.05, 4.69) is 0 Å². The molecular weight excluding hydrogens is 350 g/mol. The monoisotopic (exact) mass is 369 g/mol. The highest BCUT2D eigenvalue weighted by Crippen LogP contribution is 2.26. The second-order valence-electron chi connectivity index (χ2n) is 5.66. The Labute approximate surface area is 152 Å². The molecule has 0 saturated heterocycles. The third-order valence-corrected chi connectivity index (χ3v) is 5.70. The van der Waals surface area contributed by atoms with E-state index in [-0.39, 0.29) is 18.0 Å². The lowest BCUT2D eigenvalue weighted by Crippen LogP contribution is -2.36. The van der Waals surface area contributed by atoms with Crippen LogP contribution in [0.1, 0.15) is 6.92 Å². The molecule has 0 radical (unpaired) electrons. The molecule has 26 heavy (non-hydrogen) atoms. The van der Waals surface area contributed by atoms with Crippen LogP contribution in [-0.2, 0) is 19.6 Å². The van der Waals surface area contributed by atoms with Crippen molar-refractivity contribution >= 4 is 32.5 Å². The second-order valence-corrected chi connectivity index (χ2v) is 7.52. The zero-order chi connectivity index (χ0) is 18.6. The van der Waals surface area contributed by atoms with Gasteiger partial charge in [0.2, 0.25) is 0 Å². The predicted molar refractivity (Wildman–Crippen MR) is 102 cm³/mol. The van der Waals surface area contributed by atoms with Crippen molar-refractivity contribution in [2.24, 2.45) is 0 Å². The van der Waals surface area contributed by atoms with Gasteiger partial charge in [0.1, 0.15) is 6.54 Å². The summed E-state index contributed by atoms with van der Waals surface area (Å²) >= 11 is 0. The van der Waals surface area contributed by atoms with Crippen LogP contribution in [0.3, 0.4) is 0 Å². The number of fused-ring (bicyclic) bond motifs is 1. The maximum Gasteiger partial charge on any atom is 0.326 e. The molecule has 0 bridgehead atoms. The highest BCUT2D eigenvalue weighted by Gasteiger charge is 2.27. The first-order chi connectivity index (χ1) is 12.5. The van der Waals surface area contributed by atoms with Gasteiger partial charge >= 0.3 is 5.97 Å². The SMILES string of the molecule is CCOC(=O)CN(c1ccccc1)S(=O)(=O)c1ccc2ccccc2c1. The maximum atomic E-state index is 13.2. The van der Waals surface area contributed by atoms with Gasteiger partial charge in [0.15, 0.2) is 0 Å². The van der Waals surface area contributed by atoms with Crippen LogP contribution in [-0.4, -0.2) is 27.5 Å². The Kier molecular flexibility index (Phi) is 5.23. The smallest absolute Gasteiger partial charge is 0.326 e. The molecule has 0 aliphatic heterocycles. The normalized spacial score (nSPS) is 11.3. The van der Waals surface area contributed by atoms with Crippen LogP contribution < -0.4 is 4.31 Å². The van der Waals surface area contributed by atoms with Gasteiger partial charge in [0.05, 0.1) is 17.2 Å². The van der Waals surface area contributed by atoms with E-state index in [9.17, 15) is 13.2 Å². The number of hydrogen-bond acceptors (Lipinski definition) is 4. The molecule has 0 aliphatic rings. The van der Waals surface area contributed by atoms with E-state index in [1.165, 1.54) is 0 Å². The number of rotatable bonds is 6. The summed E-state index contributed by atoms with van der Waals surface area (Å²) in [5, 5.41) is 1.76. The Bertz CT molecular complexity index is 1020. The van der Waals surface area contributed by atoms with Gasteiger partial charge in [-0.25, -0.2) is 8.42 Å². The third kappa shape index (κ3) is 3.70. The summed E-state index contributed by atoms with van der Waals surface area (Å²) in [4.78, 5) is 12.1. The molecule has 0 aromatic heterocycles. The van der Waals surface area contributed by atoms with Crippen LogP contribution in [0, 0.1) is 0 Å². The van der Waals surface area contributed by atoms with E-state index in [1.807, 2.05) is 24.3 Å². The molecule has 0 unspecified atom stereocenters. The Hall–Kier alpha value is -2.86. The second kappa shape index (κ2) is 7.58. The van der Waals surface area contributed by atoms with Gasteiger partial charge in [-0.05, 0) is 42.0 Å². The summed E-state index contributed by atoms with van der Waals surface area (Å²) in [6.07, 6.45) is 0. The Balaban J connectivity index is 2.06. The number of hydrogen-bond donors (Lipinski definition) is 0. The topological polar surface area (TPSA) is 63.7 Å². The number of carbonyl (C=O) groups is 1. The molecule has 0 N–H and O–H groups in total. The molecule has 134 valence electrons. The number of anilines is 1. The first-order valence-electron chi connectivity index (χ1n) is 8.24. The van der Waals surface area contributed by atoms with Crippen molar-refractivity contribution in [1.29, 1.82) is 0 Å². The highest BCUT2D eigenvalue weighted by molar-refractivity contribution is 7.92. The minimum absolute atomic E-state index is 0.129. The van der Waals surface area contributed by atoms with Gasteiger partial charge in [0, 0.05) is 0 Å². The van der Waals surface area contributed by atoms with Crippen molar-refractivity contribution in [2.75, 3.05) is 17.5 Å². The first kappa shape index (κ1) is 17.9. The summed E-state index contributed by atoms with van der Waals surface area (Å²) in [6, 6.07) is 21.0. The summed E-state index contributed by atoms with van der Waals surface area (Å²) in [5.74, 6) is -0.597. The van der Waals surface area contributed by atoms with E-state index in [0.29, 0.717) is 5.69 Å². The van der Waals surface area contributed by atoms with Gasteiger partial charge in [-0.3, -0.25) is 9.10 Å². The summed E-state index contributed by atoms with van der Waals surface area (Å²) in [7, 11) is -3.93. The largest absolute Gasteiger partial charge is 0.465 e. The average molecular weight is 369 g/mol. The van der Waals surface area contributed by atoms with Crippen molar-refractivity contribution in [3.8, 4) is 0 Å². The van der Waals surface area contributed by atoms with Crippen molar-refractivity contribution in [2.45, 2.75) is 11.8 Å². The fourth-order valence-corrected chi connectivity index (χ4v) is 4.13. The zero-order valence-corrected chi connectivity index (χ0v) is 15.1. The lowest BCUT2D eigenvalue weighted by Gasteiger charge is -2.23. The predicted octanol–water partition coefficient (Wildman–Crippen LogP) is 3.60. The van der Waals surface area contributed by atoms with Crippen molar-refractivity contribution < 1.29 is 17.9 Å². The minimum atomic E-state index is -3.93. The van der Waals surface area contributed by atoms with Crippen LogP contribution in [0.15, 0.2) is 77.7 Å². The number of ether oxygens (including phenoxy) is 1. The third-order valence-electron chi connectivity index (χ3n) is 3.93. The van der Waals surface area contributed by atoms with E-state index in [0.717, 1.165) is 15.1 Å². The first-order valence-corrected chi connectivity index (χ1v) is 9.68. The van der Waals surface area contributed by atoms with Gasteiger partial charge in [-0.15, -0.1) is 0 Å². The van der Waals surface area contributed by atoms with Crippen molar-refractivity contribution in [3.05, 3.63) is 72.8 Å². The molecule has 5 nitrogen and oxygen atoms in total. The fourth-order valence-electron chi connectivity index (χ4n) is 2.69. The molecule has 0 atom stereocenters. The molecule has 0 heterocycles. The molecule has 3 rings (SSSR count). The summed E-state index contributed by atoms with van der Waals surface area (Å²) in [6.45, 7) is 1.49. The summed E-state index contributed by atoms with van der Waals surface area (Å²) < 4.78 is 32.5. The highest BCUT2D eigenvalue weighted by atomic mass is 32.2. The Morgan fingerprint density at radius 3 is 2.27 bits per heavy atom. The molecule has 0 spiro atoms. The Morgan fingerprint density at radius 1 is 0.923 bits per heavy atom. The van der Waals surface area contributed by atoms with Crippen molar-refractivity contribution in [1.82, 2.24) is 0 Å². The molecule has 0 fully saturated rings. The quantitative estimate of drug-likeness (QED) is 0.623. The number of benzene rings is 3.